The van der Waals surface area contributed by atoms with Crippen LogP contribution in [0.5, 0.6) is 0 Å². The van der Waals surface area contributed by atoms with E-state index in [0.717, 1.165) is 5.57 Å². The summed E-state index contributed by atoms with van der Waals surface area (Å²) >= 11 is 0. The molecule has 0 bridgehead atoms. The van der Waals surface area contributed by atoms with Crippen molar-refractivity contribution in [3.63, 3.8) is 0 Å². The fourth-order valence-corrected chi connectivity index (χ4v) is 1.86. The SMILES string of the molecule is CC1(C)CC(CC#N)=CC(=O)C1C#N. The van der Waals surface area contributed by atoms with Crippen molar-refractivity contribution in [3.8, 4) is 12.1 Å². The highest BCUT2D eigenvalue weighted by molar-refractivity contribution is 5.95. The summed E-state index contributed by atoms with van der Waals surface area (Å²) in [5.41, 5.74) is 0.501. The molecule has 0 N–H and O–H groups in total. The second-order valence-corrected chi connectivity index (χ2v) is 4.27. The zero-order valence-electron chi connectivity index (χ0n) is 8.37. The quantitative estimate of drug-likeness (QED) is 0.631. The standard InChI is InChI=1S/C11H12N2O/c1-11(2)6-8(3-4-12)5-10(14)9(11)7-13/h5,9H,3,6H2,1-2H3. The van der Waals surface area contributed by atoms with Gasteiger partial charge in [-0.05, 0) is 17.9 Å². The van der Waals surface area contributed by atoms with Crippen LogP contribution in [0.15, 0.2) is 11.6 Å². The second kappa shape index (κ2) is 3.64. The van der Waals surface area contributed by atoms with Crippen molar-refractivity contribution in [1.82, 2.24) is 0 Å². The van der Waals surface area contributed by atoms with Crippen LogP contribution in [0.4, 0.5) is 0 Å². The maximum absolute atomic E-state index is 11.5. The summed E-state index contributed by atoms with van der Waals surface area (Å²) in [5.74, 6) is -0.723. The van der Waals surface area contributed by atoms with Gasteiger partial charge in [-0.15, -0.1) is 0 Å². The maximum Gasteiger partial charge on any atom is 0.173 e. The lowest BCUT2D eigenvalue weighted by Crippen LogP contribution is -2.33. The Hall–Kier alpha value is -1.61. The Morgan fingerprint density at radius 3 is 2.64 bits per heavy atom. The molecule has 3 nitrogen and oxygen atoms in total. The van der Waals surface area contributed by atoms with Crippen molar-refractivity contribution < 1.29 is 4.79 Å². The lowest BCUT2D eigenvalue weighted by molar-refractivity contribution is -0.120. The molecule has 14 heavy (non-hydrogen) atoms. The van der Waals surface area contributed by atoms with Crippen LogP contribution in [0, 0.1) is 34.0 Å². The van der Waals surface area contributed by atoms with E-state index in [1.807, 2.05) is 26.0 Å². The topological polar surface area (TPSA) is 64.7 Å². The Balaban J connectivity index is 3.00. The summed E-state index contributed by atoms with van der Waals surface area (Å²) in [5, 5.41) is 17.4. The number of carbonyl (C=O) groups excluding carboxylic acids is 1. The Bertz CT molecular complexity index is 366. The van der Waals surface area contributed by atoms with Crippen molar-refractivity contribution >= 4 is 5.78 Å². The average Bonchev–Trinajstić information content (AvgIpc) is 2.02. The van der Waals surface area contributed by atoms with Gasteiger partial charge in [0.25, 0.3) is 0 Å². The molecular formula is C11H12N2O. The molecule has 0 spiro atoms. The van der Waals surface area contributed by atoms with E-state index < -0.39 is 5.92 Å². The number of hydrogen-bond donors (Lipinski definition) is 0. The van der Waals surface area contributed by atoms with Gasteiger partial charge in [0.15, 0.2) is 5.78 Å². The minimum Gasteiger partial charge on any atom is -0.293 e. The van der Waals surface area contributed by atoms with Crippen LogP contribution in [-0.2, 0) is 4.79 Å². The summed E-state index contributed by atoms with van der Waals surface area (Å²) in [6, 6.07) is 4.05. The molecule has 0 aromatic rings. The number of rotatable bonds is 1. The number of hydrogen-bond acceptors (Lipinski definition) is 3. The van der Waals surface area contributed by atoms with Gasteiger partial charge in [0.2, 0.25) is 0 Å². The van der Waals surface area contributed by atoms with Crippen molar-refractivity contribution in [2.24, 2.45) is 11.3 Å². The van der Waals surface area contributed by atoms with Crippen molar-refractivity contribution in [2.45, 2.75) is 26.7 Å². The number of nitrogens with zero attached hydrogens (tertiary/aromatic N) is 2. The van der Waals surface area contributed by atoms with Crippen LogP contribution in [0.25, 0.3) is 0 Å². The highest BCUT2D eigenvalue weighted by atomic mass is 16.1. The first kappa shape index (κ1) is 10.5. The van der Waals surface area contributed by atoms with Gasteiger partial charge in [-0.1, -0.05) is 19.4 Å². The molecule has 1 rings (SSSR count). The van der Waals surface area contributed by atoms with Crippen LogP contribution in [-0.4, -0.2) is 5.78 Å². The molecule has 0 fully saturated rings. The zero-order valence-corrected chi connectivity index (χ0v) is 8.37. The average molecular weight is 188 g/mol. The van der Waals surface area contributed by atoms with Gasteiger partial charge in [-0.3, -0.25) is 4.79 Å². The summed E-state index contributed by atoms with van der Waals surface area (Å²) in [6.07, 6.45) is 2.40. The van der Waals surface area contributed by atoms with Crippen molar-refractivity contribution in [3.05, 3.63) is 11.6 Å². The predicted octanol–water partition coefficient (Wildman–Crippen LogP) is 1.97. The second-order valence-electron chi connectivity index (χ2n) is 4.27. The van der Waals surface area contributed by atoms with Gasteiger partial charge in [0, 0.05) is 0 Å². The smallest absolute Gasteiger partial charge is 0.173 e. The third-order valence-electron chi connectivity index (χ3n) is 2.53. The van der Waals surface area contributed by atoms with Gasteiger partial charge in [-0.2, -0.15) is 10.5 Å². The van der Waals surface area contributed by atoms with E-state index in [-0.39, 0.29) is 17.6 Å². The monoisotopic (exact) mass is 188 g/mol. The van der Waals surface area contributed by atoms with Crippen LogP contribution >= 0.6 is 0 Å². The van der Waals surface area contributed by atoms with Gasteiger partial charge >= 0.3 is 0 Å². The third-order valence-corrected chi connectivity index (χ3v) is 2.53. The Morgan fingerprint density at radius 1 is 1.57 bits per heavy atom. The number of allylic oxidation sites excluding steroid dienone is 2. The van der Waals surface area contributed by atoms with Crippen molar-refractivity contribution in [1.29, 1.82) is 10.5 Å². The first-order chi connectivity index (χ1) is 6.51. The molecule has 1 aliphatic carbocycles. The van der Waals surface area contributed by atoms with Crippen LogP contribution in [0.3, 0.4) is 0 Å². The summed E-state index contributed by atoms with van der Waals surface area (Å²) in [4.78, 5) is 11.5. The van der Waals surface area contributed by atoms with E-state index in [9.17, 15) is 4.79 Å². The Morgan fingerprint density at radius 2 is 2.21 bits per heavy atom. The lowest BCUT2D eigenvalue weighted by Gasteiger charge is -2.32. The Kier molecular flexibility index (Phi) is 2.72. The summed E-state index contributed by atoms with van der Waals surface area (Å²) in [7, 11) is 0. The van der Waals surface area contributed by atoms with Gasteiger partial charge in [-0.25, -0.2) is 0 Å². The molecule has 0 aliphatic heterocycles. The fourth-order valence-electron chi connectivity index (χ4n) is 1.86. The summed E-state index contributed by atoms with van der Waals surface area (Å²) in [6.45, 7) is 3.78. The molecule has 3 heteroatoms. The first-order valence-electron chi connectivity index (χ1n) is 4.51. The number of carbonyl (C=O) groups is 1. The molecule has 0 saturated heterocycles. The molecular weight excluding hydrogens is 176 g/mol. The van der Waals surface area contributed by atoms with E-state index in [0.29, 0.717) is 6.42 Å². The molecule has 0 amide bonds. The third kappa shape index (κ3) is 1.83. The van der Waals surface area contributed by atoms with E-state index in [1.54, 1.807) is 0 Å². The lowest BCUT2D eigenvalue weighted by atomic mass is 9.69. The van der Waals surface area contributed by atoms with E-state index in [4.69, 9.17) is 10.5 Å². The van der Waals surface area contributed by atoms with Gasteiger partial charge < -0.3 is 0 Å². The van der Waals surface area contributed by atoms with Crippen LogP contribution in [0.2, 0.25) is 0 Å². The van der Waals surface area contributed by atoms with Gasteiger partial charge in [0.1, 0.15) is 5.92 Å². The van der Waals surface area contributed by atoms with E-state index >= 15 is 0 Å². The maximum atomic E-state index is 11.5. The molecule has 1 atom stereocenters. The highest BCUT2D eigenvalue weighted by Gasteiger charge is 2.38. The fraction of sp³-hybridized carbons (Fsp3) is 0.545. The largest absolute Gasteiger partial charge is 0.293 e. The summed E-state index contributed by atoms with van der Waals surface area (Å²) < 4.78 is 0. The van der Waals surface area contributed by atoms with E-state index in [1.165, 1.54) is 6.08 Å². The minimum atomic E-state index is -0.565. The molecule has 0 saturated carbocycles. The molecule has 1 unspecified atom stereocenters. The van der Waals surface area contributed by atoms with Crippen LogP contribution < -0.4 is 0 Å². The molecule has 72 valence electrons. The van der Waals surface area contributed by atoms with E-state index in [2.05, 4.69) is 0 Å². The van der Waals surface area contributed by atoms with Crippen molar-refractivity contribution in [2.75, 3.05) is 0 Å². The molecule has 1 aliphatic rings. The zero-order chi connectivity index (χ0) is 10.8. The molecule has 0 aromatic carbocycles. The molecule has 0 aromatic heterocycles. The predicted molar refractivity (Wildman–Crippen MR) is 50.8 cm³/mol. The molecule has 0 radical (unpaired) electrons. The Labute approximate surface area is 83.6 Å². The number of nitriles is 2. The highest BCUT2D eigenvalue weighted by Crippen LogP contribution is 2.38. The normalized spacial score (nSPS) is 24.7. The van der Waals surface area contributed by atoms with Gasteiger partial charge in [0.05, 0.1) is 18.6 Å². The number of ketones is 1. The minimum absolute atomic E-state index is 0.158. The molecule has 0 heterocycles. The first-order valence-corrected chi connectivity index (χ1v) is 4.51. The van der Waals surface area contributed by atoms with Crippen LogP contribution in [0.1, 0.15) is 26.7 Å².